The topological polar surface area (TPSA) is 141 Å². The minimum atomic E-state index is -4.34. The van der Waals surface area contributed by atoms with Gasteiger partial charge in [-0.2, -0.15) is 5.09 Å². The number of H-pyrrole nitrogens is 1. The number of halogens is 1. The van der Waals surface area contributed by atoms with E-state index in [4.69, 9.17) is 37.2 Å². The quantitative estimate of drug-likeness (QED) is 0.173. The van der Waals surface area contributed by atoms with Gasteiger partial charge >= 0.3 is 13.7 Å². The second kappa shape index (κ2) is 11.7. The zero-order chi connectivity index (χ0) is 27.4. The SMILES string of the molecule is C#C[C@@]1(O)C(F)[C@@H](COP(=O)(N[C@@H](C)C(=O)OC(C)C)Oc2ccccc2)O[C@H]1n1ccc(=O)[nH]c1=S. The Morgan fingerprint density at radius 3 is 2.65 bits per heavy atom. The van der Waals surface area contributed by atoms with Gasteiger partial charge in [0.15, 0.2) is 17.2 Å². The van der Waals surface area contributed by atoms with Crippen LogP contribution < -0.4 is 15.2 Å². The number of ether oxygens (including phenoxy) is 2. The highest BCUT2D eigenvalue weighted by molar-refractivity contribution is 7.71. The maximum atomic E-state index is 15.4. The lowest BCUT2D eigenvalue weighted by atomic mass is 9.96. The van der Waals surface area contributed by atoms with Crippen molar-refractivity contribution in [3.8, 4) is 18.1 Å². The fourth-order valence-electron chi connectivity index (χ4n) is 3.43. The normalized spacial score (nSPS) is 25.7. The van der Waals surface area contributed by atoms with Crippen LogP contribution in [0.4, 0.5) is 4.39 Å². The molecule has 1 aliphatic rings. The third-order valence-corrected chi connectivity index (χ3v) is 7.15. The van der Waals surface area contributed by atoms with Crippen molar-refractivity contribution in [2.24, 2.45) is 0 Å². The highest BCUT2D eigenvalue weighted by atomic mass is 32.1. The standard InChI is InChI=1S/C23H27FN3O8PS/c1-5-23(30)19(24)17(34-21(23)27-12-11-18(28)25-22(27)37)13-32-36(31,35-16-9-7-6-8-10-16)26-15(4)20(29)33-14(2)3/h1,6-12,14-15,17,19,21,30H,13H2,2-4H3,(H,26,31)(H,25,28,37)/t15-,17+,19?,21+,23+,36?/m0/s1. The zero-order valence-corrected chi connectivity index (χ0v) is 21.9. The van der Waals surface area contributed by atoms with E-state index in [1.54, 1.807) is 32.0 Å². The summed E-state index contributed by atoms with van der Waals surface area (Å²) in [6.07, 6.45) is 0.906. The molecule has 11 nitrogen and oxygen atoms in total. The first-order valence-electron chi connectivity index (χ1n) is 11.2. The maximum Gasteiger partial charge on any atom is 0.459 e. The third kappa shape index (κ3) is 6.73. The molecule has 0 saturated carbocycles. The molecule has 200 valence electrons. The van der Waals surface area contributed by atoms with Crippen LogP contribution in [0, 0.1) is 17.1 Å². The molecular formula is C23H27FN3O8PS. The van der Waals surface area contributed by atoms with E-state index in [-0.39, 0.29) is 10.5 Å². The van der Waals surface area contributed by atoms with Gasteiger partial charge in [0.1, 0.15) is 17.9 Å². The molecule has 6 atom stereocenters. The number of nitrogens with one attached hydrogen (secondary N) is 2. The summed E-state index contributed by atoms with van der Waals surface area (Å²) in [5.74, 6) is 1.40. The van der Waals surface area contributed by atoms with Gasteiger partial charge in [-0.3, -0.25) is 23.7 Å². The number of carbonyl (C=O) groups is 1. The van der Waals surface area contributed by atoms with Crippen LogP contribution in [0.2, 0.25) is 0 Å². The number of para-hydroxylation sites is 1. The molecule has 1 aromatic heterocycles. The molecule has 2 unspecified atom stereocenters. The predicted octanol–water partition coefficient (Wildman–Crippen LogP) is 2.64. The smallest absolute Gasteiger partial charge is 0.459 e. The number of benzene rings is 1. The Kier molecular flexibility index (Phi) is 9.07. The summed E-state index contributed by atoms with van der Waals surface area (Å²) in [6.45, 7) is 3.99. The number of aromatic nitrogens is 2. The van der Waals surface area contributed by atoms with Crippen LogP contribution in [-0.2, 0) is 23.4 Å². The average Bonchev–Trinajstić information content (AvgIpc) is 3.08. The molecule has 0 aliphatic carbocycles. The van der Waals surface area contributed by atoms with Crippen LogP contribution in [0.15, 0.2) is 47.4 Å². The number of aromatic amines is 1. The molecule has 0 spiro atoms. The summed E-state index contributed by atoms with van der Waals surface area (Å²) in [5, 5.41) is 13.4. The molecule has 3 N–H and O–H groups in total. The summed E-state index contributed by atoms with van der Waals surface area (Å²) < 4.78 is 51.6. The lowest BCUT2D eigenvalue weighted by Crippen LogP contribution is -2.44. The number of hydrogen-bond donors (Lipinski definition) is 3. The largest absolute Gasteiger partial charge is 0.462 e. The van der Waals surface area contributed by atoms with Crippen LogP contribution in [0.5, 0.6) is 5.75 Å². The lowest BCUT2D eigenvalue weighted by molar-refractivity contribution is -0.149. The summed E-state index contributed by atoms with van der Waals surface area (Å²) in [4.78, 5) is 26.1. The van der Waals surface area contributed by atoms with Crippen LogP contribution in [0.3, 0.4) is 0 Å². The average molecular weight is 556 g/mol. The van der Waals surface area contributed by atoms with Crippen molar-refractivity contribution in [1.82, 2.24) is 14.6 Å². The number of aliphatic hydroxyl groups is 1. The van der Waals surface area contributed by atoms with Gasteiger partial charge in [-0.15, -0.1) is 6.42 Å². The molecular weight excluding hydrogens is 528 g/mol. The van der Waals surface area contributed by atoms with Crippen molar-refractivity contribution in [3.63, 3.8) is 0 Å². The number of terminal acetylenes is 1. The second-order valence-electron chi connectivity index (χ2n) is 8.45. The van der Waals surface area contributed by atoms with E-state index >= 15 is 4.39 Å². The van der Waals surface area contributed by atoms with Crippen molar-refractivity contribution >= 4 is 25.9 Å². The van der Waals surface area contributed by atoms with Gasteiger partial charge in [-0.05, 0) is 45.1 Å². The predicted molar refractivity (Wildman–Crippen MR) is 133 cm³/mol. The number of rotatable bonds is 10. The first-order valence-corrected chi connectivity index (χ1v) is 13.1. The van der Waals surface area contributed by atoms with Crippen LogP contribution in [0.1, 0.15) is 27.0 Å². The molecule has 2 aromatic rings. The van der Waals surface area contributed by atoms with Crippen molar-refractivity contribution in [2.45, 2.75) is 57.0 Å². The van der Waals surface area contributed by atoms with Crippen molar-refractivity contribution < 1.29 is 37.4 Å². The first kappa shape index (κ1) is 28.7. The lowest BCUT2D eigenvalue weighted by Gasteiger charge is -2.26. The van der Waals surface area contributed by atoms with Gasteiger partial charge in [0, 0.05) is 12.3 Å². The third-order valence-electron chi connectivity index (χ3n) is 5.20. The van der Waals surface area contributed by atoms with E-state index in [1.807, 2.05) is 5.92 Å². The van der Waals surface area contributed by atoms with E-state index in [2.05, 4.69) is 10.1 Å². The molecule has 37 heavy (non-hydrogen) atoms. The van der Waals surface area contributed by atoms with E-state index in [9.17, 15) is 19.3 Å². The highest BCUT2D eigenvalue weighted by Crippen LogP contribution is 2.47. The van der Waals surface area contributed by atoms with Crippen molar-refractivity contribution in [2.75, 3.05) is 6.61 Å². The molecule has 1 aromatic carbocycles. The molecule has 0 radical (unpaired) electrons. The Labute approximate surface area is 217 Å². The molecule has 0 amide bonds. The molecule has 3 rings (SSSR count). The van der Waals surface area contributed by atoms with E-state index < -0.39 is 62.1 Å². The minimum absolute atomic E-state index is 0.143. The summed E-state index contributed by atoms with van der Waals surface area (Å²) in [5.41, 5.74) is -3.02. The highest BCUT2D eigenvalue weighted by Gasteiger charge is 2.57. The molecule has 14 heteroatoms. The summed E-state index contributed by atoms with van der Waals surface area (Å²) in [7, 11) is -4.34. The van der Waals surface area contributed by atoms with Crippen molar-refractivity contribution in [3.05, 3.63) is 57.7 Å². The van der Waals surface area contributed by atoms with Crippen LogP contribution in [0.25, 0.3) is 0 Å². The minimum Gasteiger partial charge on any atom is -0.462 e. The Balaban J connectivity index is 1.84. The maximum absolute atomic E-state index is 15.4. The Hall–Kier alpha value is -2.85. The monoisotopic (exact) mass is 555 g/mol. The van der Waals surface area contributed by atoms with Gasteiger partial charge in [0.25, 0.3) is 5.56 Å². The van der Waals surface area contributed by atoms with Crippen LogP contribution in [-0.4, -0.2) is 57.3 Å². The second-order valence-corrected chi connectivity index (χ2v) is 10.5. The zero-order valence-electron chi connectivity index (χ0n) is 20.2. The van der Waals surface area contributed by atoms with Crippen molar-refractivity contribution in [1.29, 1.82) is 0 Å². The van der Waals surface area contributed by atoms with Gasteiger partial charge in [0.2, 0.25) is 5.60 Å². The molecule has 0 bridgehead atoms. The fourth-order valence-corrected chi connectivity index (χ4v) is 5.19. The van der Waals surface area contributed by atoms with E-state index in [0.717, 1.165) is 10.6 Å². The molecule has 1 fully saturated rings. The Morgan fingerprint density at radius 2 is 2.05 bits per heavy atom. The number of alkyl halides is 1. The fraction of sp³-hybridized carbons (Fsp3) is 0.435. The molecule has 2 heterocycles. The van der Waals surface area contributed by atoms with Gasteiger partial charge in [-0.1, -0.05) is 24.1 Å². The summed E-state index contributed by atoms with van der Waals surface area (Å²) >= 11 is 5.08. The van der Waals surface area contributed by atoms with Gasteiger partial charge in [0.05, 0.1) is 12.7 Å². The van der Waals surface area contributed by atoms with Gasteiger partial charge < -0.3 is 19.1 Å². The molecule has 1 saturated heterocycles. The number of hydrogen-bond acceptors (Lipinski definition) is 9. The van der Waals surface area contributed by atoms with Gasteiger partial charge in [-0.25, -0.2) is 8.96 Å². The first-order chi connectivity index (χ1) is 17.4. The molecule has 1 aliphatic heterocycles. The summed E-state index contributed by atoms with van der Waals surface area (Å²) in [6, 6.07) is 7.93. The van der Waals surface area contributed by atoms with E-state index in [1.165, 1.54) is 25.3 Å². The van der Waals surface area contributed by atoms with E-state index in [0.29, 0.717) is 0 Å². The number of nitrogens with zero attached hydrogens (tertiary/aromatic N) is 1. The Morgan fingerprint density at radius 1 is 1.38 bits per heavy atom. The van der Waals surface area contributed by atoms with Crippen LogP contribution >= 0.6 is 20.0 Å². The number of carbonyl (C=O) groups excluding carboxylic acids is 1. The number of esters is 1. The Bertz CT molecular complexity index is 1310.